The number of rotatable bonds is 14. The van der Waals surface area contributed by atoms with Gasteiger partial charge in [-0.05, 0) is 85.0 Å². The SMILES string of the molecule is C=C(NC/C(C)=C/C=C(/F)CF)C(/C=C(/C)C1CCCN(C2CCN(CC/C=C\C(C)=C/CC)CC2)CCN1)=C/N. The minimum absolute atomic E-state index is 0.307. The second-order valence-electron chi connectivity index (χ2n) is 11.4. The second-order valence-corrected chi connectivity index (χ2v) is 11.4. The van der Waals surface area contributed by atoms with Crippen molar-refractivity contribution >= 4 is 0 Å². The lowest BCUT2D eigenvalue weighted by molar-refractivity contribution is 0.102. The topological polar surface area (TPSA) is 56.6 Å². The molecule has 0 aromatic heterocycles. The van der Waals surface area contributed by atoms with Crippen molar-refractivity contribution in [3.8, 4) is 0 Å². The summed E-state index contributed by atoms with van der Waals surface area (Å²) in [6.07, 6.45) is 20.2. The van der Waals surface area contributed by atoms with Gasteiger partial charge in [0.05, 0.1) is 0 Å². The zero-order valence-electron chi connectivity index (χ0n) is 26.0. The smallest absolute Gasteiger partial charge is 0.141 e. The average molecular weight is 572 g/mol. The van der Waals surface area contributed by atoms with Gasteiger partial charge in [-0.15, -0.1) is 0 Å². The molecule has 2 saturated heterocycles. The monoisotopic (exact) mass is 571 g/mol. The van der Waals surface area contributed by atoms with Crippen LogP contribution in [0.5, 0.6) is 0 Å². The second kappa shape index (κ2) is 19.6. The summed E-state index contributed by atoms with van der Waals surface area (Å²) in [6.45, 7) is 18.6. The van der Waals surface area contributed by atoms with Crippen LogP contribution in [-0.2, 0) is 0 Å². The number of allylic oxidation sites excluding steroid dienone is 7. The van der Waals surface area contributed by atoms with E-state index in [-0.39, 0.29) is 0 Å². The van der Waals surface area contributed by atoms with Crippen molar-refractivity contribution in [1.29, 1.82) is 0 Å². The van der Waals surface area contributed by atoms with Gasteiger partial charge in [0.2, 0.25) is 0 Å². The summed E-state index contributed by atoms with van der Waals surface area (Å²) >= 11 is 0. The fraction of sp³-hybridized carbons (Fsp3) is 0.588. The number of hydrogen-bond donors (Lipinski definition) is 3. The fourth-order valence-electron chi connectivity index (χ4n) is 5.54. The molecule has 0 radical (unpaired) electrons. The predicted molar refractivity (Wildman–Crippen MR) is 172 cm³/mol. The minimum Gasteiger partial charge on any atom is -0.404 e. The first-order valence-electron chi connectivity index (χ1n) is 15.4. The van der Waals surface area contributed by atoms with Crippen LogP contribution in [0.4, 0.5) is 8.78 Å². The van der Waals surface area contributed by atoms with Crippen molar-refractivity contribution in [3.05, 3.63) is 83.1 Å². The molecule has 2 aliphatic heterocycles. The lowest BCUT2D eigenvalue weighted by Gasteiger charge is -2.40. The number of hydrogen-bond acceptors (Lipinski definition) is 5. The van der Waals surface area contributed by atoms with Crippen LogP contribution in [0.25, 0.3) is 0 Å². The molecule has 5 nitrogen and oxygen atoms in total. The van der Waals surface area contributed by atoms with Gasteiger partial charge in [-0.1, -0.05) is 60.6 Å². The van der Waals surface area contributed by atoms with E-state index in [0.29, 0.717) is 24.3 Å². The standard InChI is InChI=1S/C34H55F2N5/c1-6-10-27(2)11-7-8-18-40-20-15-33(16-21-40)41-19-9-12-34(38-17-22-41)29(4)23-31(25-37)30(5)39-26-28(3)13-14-32(36)24-35/h7,10-11,13-14,23,25,33-34,38-39H,5-6,8-9,12,15-22,24,26,37H2,1-4H3/b11-7-,27-10-,28-13+,29-23-,31-25+,32-14+. The largest absolute Gasteiger partial charge is 0.404 e. The molecule has 41 heavy (non-hydrogen) atoms. The van der Waals surface area contributed by atoms with Gasteiger partial charge in [0.25, 0.3) is 0 Å². The summed E-state index contributed by atoms with van der Waals surface area (Å²) < 4.78 is 25.3. The molecule has 1 atom stereocenters. The highest BCUT2D eigenvalue weighted by Crippen LogP contribution is 2.21. The first-order chi connectivity index (χ1) is 19.8. The lowest BCUT2D eigenvalue weighted by atomic mass is 9.97. The van der Waals surface area contributed by atoms with Gasteiger partial charge in [0.15, 0.2) is 0 Å². The quantitative estimate of drug-likeness (QED) is 0.209. The number of alkyl halides is 1. The molecule has 2 rings (SSSR count). The van der Waals surface area contributed by atoms with E-state index in [9.17, 15) is 8.78 Å². The number of nitrogens with one attached hydrogen (secondary N) is 2. The van der Waals surface area contributed by atoms with Crippen LogP contribution < -0.4 is 16.4 Å². The van der Waals surface area contributed by atoms with Crippen LogP contribution in [0, 0.1) is 0 Å². The van der Waals surface area contributed by atoms with Crippen molar-refractivity contribution in [1.82, 2.24) is 20.4 Å². The van der Waals surface area contributed by atoms with Crippen LogP contribution in [0.2, 0.25) is 0 Å². The van der Waals surface area contributed by atoms with Crippen LogP contribution in [0.15, 0.2) is 83.1 Å². The van der Waals surface area contributed by atoms with E-state index in [0.717, 1.165) is 69.1 Å². The summed E-state index contributed by atoms with van der Waals surface area (Å²) in [5, 5.41) is 7.01. The van der Waals surface area contributed by atoms with Crippen molar-refractivity contribution in [3.63, 3.8) is 0 Å². The number of likely N-dealkylation sites (tertiary alicyclic amines) is 1. The maximum Gasteiger partial charge on any atom is 0.141 e. The van der Waals surface area contributed by atoms with Crippen LogP contribution in [0.1, 0.15) is 66.2 Å². The molecule has 4 N–H and O–H groups in total. The Balaban J connectivity index is 1.78. The lowest BCUT2D eigenvalue weighted by Crippen LogP contribution is -2.49. The minimum atomic E-state index is -1.09. The molecule has 2 aliphatic rings. The summed E-state index contributed by atoms with van der Waals surface area (Å²) in [6, 6.07) is 0.996. The van der Waals surface area contributed by atoms with E-state index in [1.165, 1.54) is 37.1 Å². The fourth-order valence-corrected chi connectivity index (χ4v) is 5.54. The Kier molecular flexibility index (Phi) is 16.6. The molecular formula is C34H55F2N5. The molecule has 0 spiro atoms. The molecule has 0 aromatic carbocycles. The van der Waals surface area contributed by atoms with Gasteiger partial charge in [0, 0.05) is 55.7 Å². The normalized spacial score (nSPS) is 22.2. The Morgan fingerprint density at radius 1 is 1.10 bits per heavy atom. The van der Waals surface area contributed by atoms with Gasteiger partial charge in [-0.25, -0.2) is 8.78 Å². The average Bonchev–Trinajstić information content (AvgIpc) is 2.96. The van der Waals surface area contributed by atoms with Crippen LogP contribution in [-0.4, -0.2) is 74.4 Å². The number of piperidine rings is 1. The van der Waals surface area contributed by atoms with Crippen molar-refractivity contribution < 1.29 is 8.78 Å². The van der Waals surface area contributed by atoms with Crippen molar-refractivity contribution in [2.45, 2.75) is 78.3 Å². The maximum absolute atomic E-state index is 13.0. The summed E-state index contributed by atoms with van der Waals surface area (Å²) in [4.78, 5) is 5.33. The Bertz CT molecular complexity index is 973. The molecule has 0 bridgehead atoms. The third-order valence-electron chi connectivity index (χ3n) is 8.04. The van der Waals surface area contributed by atoms with Crippen molar-refractivity contribution in [2.75, 3.05) is 52.5 Å². The van der Waals surface area contributed by atoms with E-state index < -0.39 is 12.5 Å². The van der Waals surface area contributed by atoms with E-state index in [2.05, 4.69) is 72.1 Å². The molecule has 2 fully saturated rings. The highest BCUT2D eigenvalue weighted by atomic mass is 19.2. The number of nitrogens with two attached hydrogens (primary N) is 1. The van der Waals surface area contributed by atoms with Gasteiger partial charge < -0.3 is 21.3 Å². The molecule has 0 saturated carbocycles. The zero-order valence-corrected chi connectivity index (χ0v) is 26.0. The van der Waals surface area contributed by atoms with Crippen LogP contribution in [0.3, 0.4) is 0 Å². The molecule has 7 heteroatoms. The number of halogens is 2. The zero-order chi connectivity index (χ0) is 30.0. The molecule has 0 amide bonds. The summed E-state index contributed by atoms with van der Waals surface area (Å²) in [5.74, 6) is -0.783. The summed E-state index contributed by atoms with van der Waals surface area (Å²) in [5.41, 5.74) is 10.9. The Morgan fingerprint density at radius 3 is 2.54 bits per heavy atom. The third-order valence-corrected chi connectivity index (χ3v) is 8.04. The molecule has 0 aliphatic carbocycles. The number of nitrogens with zero attached hydrogens (tertiary/aromatic N) is 2. The Hall–Kier alpha value is -2.48. The van der Waals surface area contributed by atoms with E-state index in [1.54, 1.807) is 12.3 Å². The predicted octanol–water partition coefficient (Wildman–Crippen LogP) is 6.47. The molecule has 2 heterocycles. The van der Waals surface area contributed by atoms with Crippen LogP contribution >= 0.6 is 0 Å². The molecular weight excluding hydrogens is 516 g/mol. The van der Waals surface area contributed by atoms with Gasteiger partial charge >= 0.3 is 0 Å². The third kappa shape index (κ3) is 13.4. The molecule has 230 valence electrons. The Labute approximate surface area is 248 Å². The van der Waals surface area contributed by atoms with E-state index >= 15 is 0 Å². The Morgan fingerprint density at radius 2 is 1.85 bits per heavy atom. The summed E-state index contributed by atoms with van der Waals surface area (Å²) in [7, 11) is 0. The molecule has 1 unspecified atom stereocenters. The van der Waals surface area contributed by atoms with E-state index in [1.807, 2.05) is 6.92 Å². The first kappa shape index (κ1) is 34.7. The van der Waals surface area contributed by atoms with Crippen molar-refractivity contribution in [2.24, 2.45) is 5.73 Å². The maximum atomic E-state index is 13.0. The molecule has 0 aromatic rings. The van der Waals surface area contributed by atoms with Gasteiger partial charge in [0.1, 0.15) is 12.5 Å². The first-order valence-corrected chi connectivity index (χ1v) is 15.4. The highest BCUT2D eigenvalue weighted by Gasteiger charge is 2.25. The van der Waals surface area contributed by atoms with Gasteiger partial charge in [-0.3, -0.25) is 4.90 Å². The highest BCUT2D eigenvalue weighted by molar-refractivity contribution is 5.39. The van der Waals surface area contributed by atoms with Gasteiger partial charge in [-0.2, -0.15) is 0 Å². The van der Waals surface area contributed by atoms with E-state index in [4.69, 9.17) is 5.73 Å².